The number of nitrogens with one attached hydrogen (secondary N) is 2. The van der Waals surface area contributed by atoms with Crippen molar-refractivity contribution in [2.24, 2.45) is 10.9 Å². The van der Waals surface area contributed by atoms with Crippen molar-refractivity contribution < 1.29 is 4.42 Å². The van der Waals surface area contributed by atoms with Gasteiger partial charge in [-0.3, -0.25) is 4.99 Å². The van der Waals surface area contributed by atoms with Gasteiger partial charge in [0.2, 0.25) is 0 Å². The van der Waals surface area contributed by atoms with Gasteiger partial charge in [0.1, 0.15) is 11.5 Å². The minimum absolute atomic E-state index is 0. The van der Waals surface area contributed by atoms with Crippen molar-refractivity contribution in [2.45, 2.75) is 32.7 Å². The molecule has 0 bridgehead atoms. The Kier molecular flexibility index (Phi) is 8.55. The minimum atomic E-state index is 0. The van der Waals surface area contributed by atoms with Crippen LogP contribution in [-0.2, 0) is 0 Å². The van der Waals surface area contributed by atoms with Gasteiger partial charge in [0.15, 0.2) is 5.96 Å². The molecule has 1 saturated heterocycles. The van der Waals surface area contributed by atoms with Crippen LogP contribution >= 0.6 is 35.7 Å². The molecule has 1 aromatic rings. The SMILES string of the molecule is CN=C(NCC1CCSCC1)NC(C)c1ccc(C)o1.I. The maximum absolute atomic E-state index is 5.64. The average Bonchev–Trinajstić information content (AvgIpc) is 2.91. The Morgan fingerprint density at radius 1 is 1.43 bits per heavy atom. The number of hydrogen-bond donors (Lipinski definition) is 2. The maximum atomic E-state index is 5.64. The summed E-state index contributed by atoms with van der Waals surface area (Å²) < 4.78 is 5.64. The van der Waals surface area contributed by atoms with Crippen molar-refractivity contribution in [1.29, 1.82) is 0 Å². The van der Waals surface area contributed by atoms with Gasteiger partial charge >= 0.3 is 0 Å². The van der Waals surface area contributed by atoms with E-state index in [4.69, 9.17) is 4.42 Å². The van der Waals surface area contributed by atoms with E-state index in [0.717, 1.165) is 29.9 Å². The standard InChI is InChI=1S/C15H25N3OS.HI/c1-11-4-5-14(19-11)12(2)18-15(16-3)17-10-13-6-8-20-9-7-13;/h4-5,12-13H,6-10H2,1-3H3,(H2,16,17,18);1H. The van der Waals surface area contributed by atoms with Gasteiger partial charge in [-0.15, -0.1) is 24.0 Å². The highest BCUT2D eigenvalue weighted by atomic mass is 127. The molecule has 0 saturated carbocycles. The molecule has 6 heteroatoms. The molecule has 0 aliphatic carbocycles. The third kappa shape index (κ3) is 6.10. The fourth-order valence-corrected chi connectivity index (χ4v) is 3.55. The Hall–Kier alpha value is -0.370. The van der Waals surface area contributed by atoms with Crippen LogP contribution in [0.4, 0.5) is 0 Å². The van der Waals surface area contributed by atoms with Crippen molar-refractivity contribution in [3.8, 4) is 0 Å². The molecule has 1 unspecified atom stereocenters. The largest absolute Gasteiger partial charge is 0.464 e. The van der Waals surface area contributed by atoms with Crippen LogP contribution in [0.5, 0.6) is 0 Å². The fourth-order valence-electron chi connectivity index (χ4n) is 2.35. The molecular weight excluding hydrogens is 397 g/mol. The third-order valence-electron chi connectivity index (χ3n) is 3.66. The Balaban J connectivity index is 0.00000220. The lowest BCUT2D eigenvalue weighted by molar-refractivity contribution is 0.437. The van der Waals surface area contributed by atoms with E-state index in [1.54, 1.807) is 0 Å². The lowest BCUT2D eigenvalue weighted by atomic mass is 10.0. The number of rotatable bonds is 4. The molecule has 1 atom stereocenters. The van der Waals surface area contributed by atoms with Crippen molar-refractivity contribution in [3.63, 3.8) is 0 Å². The first-order valence-electron chi connectivity index (χ1n) is 7.30. The number of nitrogens with zero attached hydrogens (tertiary/aromatic N) is 1. The van der Waals surface area contributed by atoms with Crippen molar-refractivity contribution in [3.05, 3.63) is 23.7 Å². The van der Waals surface area contributed by atoms with Crippen LogP contribution in [0.15, 0.2) is 21.5 Å². The Morgan fingerprint density at radius 2 is 2.14 bits per heavy atom. The highest BCUT2D eigenvalue weighted by molar-refractivity contribution is 14.0. The quantitative estimate of drug-likeness (QED) is 0.442. The summed E-state index contributed by atoms with van der Waals surface area (Å²) in [6.45, 7) is 5.05. The average molecular weight is 423 g/mol. The van der Waals surface area contributed by atoms with Crippen LogP contribution in [0.2, 0.25) is 0 Å². The fraction of sp³-hybridized carbons (Fsp3) is 0.667. The van der Waals surface area contributed by atoms with Crippen molar-refractivity contribution in [1.82, 2.24) is 10.6 Å². The van der Waals surface area contributed by atoms with E-state index >= 15 is 0 Å². The summed E-state index contributed by atoms with van der Waals surface area (Å²) in [5.41, 5.74) is 0. The number of halogens is 1. The van der Waals surface area contributed by atoms with Crippen LogP contribution in [0.1, 0.15) is 37.3 Å². The lowest BCUT2D eigenvalue weighted by Crippen LogP contribution is -2.41. The smallest absolute Gasteiger partial charge is 0.191 e. The van der Waals surface area contributed by atoms with E-state index in [9.17, 15) is 0 Å². The summed E-state index contributed by atoms with van der Waals surface area (Å²) in [5.74, 6) is 6.09. The molecular formula is C15H26IN3OS. The third-order valence-corrected chi connectivity index (χ3v) is 4.71. The van der Waals surface area contributed by atoms with E-state index in [-0.39, 0.29) is 30.0 Å². The van der Waals surface area contributed by atoms with Gasteiger partial charge in [0.05, 0.1) is 6.04 Å². The van der Waals surface area contributed by atoms with Crippen LogP contribution < -0.4 is 10.6 Å². The van der Waals surface area contributed by atoms with Gasteiger partial charge in [-0.1, -0.05) is 0 Å². The molecule has 2 heterocycles. The molecule has 1 aliphatic heterocycles. The van der Waals surface area contributed by atoms with E-state index in [1.807, 2.05) is 26.1 Å². The van der Waals surface area contributed by atoms with Crippen molar-refractivity contribution in [2.75, 3.05) is 25.1 Å². The zero-order chi connectivity index (χ0) is 14.4. The molecule has 21 heavy (non-hydrogen) atoms. The summed E-state index contributed by atoms with van der Waals surface area (Å²) in [6, 6.07) is 4.12. The van der Waals surface area contributed by atoms with Crippen molar-refractivity contribution >= 4 is 41.7 Å². The molecule has 0 spiro atoms. The molecule has 2 N–H and O–H groups in total. The Labute approximate surface area is 148 Å². The monoisotopic (exact) mass is 423 g/mol. The summed E-state index contributed by atoms with van der Waals surface area (Å²) in [5, 5.41) is 6.81. The molecule has 2 rings (SSSR count). The summed E-state index contributed by atoms with van der Waals surface area (Å²) in [4.78, 5) is 4.29. The second-order valence-electron chi connectivity index (χ2n) is 5.32. The topological polar surface area (TPSA) is 49.6 Å². The van der Waals surface area contributed by atoms with E-state index in [1.165, 1.54) is 24.3 Å². The highest BCUT2D eigenvalue weighted by Gasteiger charge is 2.15. The number of thioether (sulfide) groups is 1. The van der Waals surface area contributed by atoms with Gasteiger partial charge < -0.3 is 15.1 Å². The lowest BCUT2D eigenvalue weighted by Gasteiger charge is -2.23. The molecule has 0 aromatic carbocycles. The zero-order valence-corrected chi connectivity index (χ0v) is 16.2. The first-order valence-corrected chi connectivity index (χ1v) is 8.45. The number of hydrogen-bond acceptors (Lipinski definition) is 3. The van der Waals surface area contributed by atoms with E-state index in [2.05, 4.69) is 34.3 Å². The molecule has 1 aromatic heterocycles. The minimum Gasteiger partial charge on any atom is -0.464 e. The first kappa shape index (κ1) is 18.7. The molecule has 1 fully saturated rings. The molecule has 120 valence electrons. The van der Waals surface area contributed by atoms with E-state index in [0.29, 0.717) is 0 Å². The van der Waals surface area contributed by atoms with Gasteiger partial charge in [-0.2, -0.15) is 11.8 Å². The number of guanidine groups is 1. The second kappa shape index (κ2) is 9.61. The summed E-state index contributed by atoms with van der Waals surface area (Å²) in [7, 11) is 1.81. The van der Waals surface area contributed by atoms with E-state index < -0.39 is 0 Å². The maximum Gasteiger partial charge on any atom is 0.191 e. The van der Waals surface area contributed by atoms with Crippen LogP contribution in [0.25, 0.3) is 0 Å². The van der Waals surface area contributed by atoms with Gasteiger partial charge in [0.25, 0.3) is 0 Å². The van der Waals surface area contributed by atoms with Gasteiger partial charge in [-0.25, -0.2) is 0 Å². The number of furan rings is 1. The first-order chi connectivity index (χ1) is 9.69. The zero-order valence-electron chi connectivity index (χ0n) is 13.0. The number of aliphatic imine (C=N–C) groups is 1. The predicted octanol–water partition coefficient (Wildman–Crippen LogP) is 3.58. The summed E-state index contributed by atoms with van der Waals surface area (Å²) in [6.07, 6.45) is 2.61. The molecule has 0 amide bonds. The van der Waals surface area contributed by atoms with Crippen LogP contribution in [0.3, 0.4) is 0 Å². The Bertz CT molecular complexity index is 444. The Morgan fingerprint density at radius 3 is 2.71 bits per heavy atom. The predicted molar refractivity (Wildman–Crippen MR) is 102 cm³/mol. The molecule has 1 aliphatic rings. The highest BCUT2D eigenvalue weighted by Crippen LogP contribution is 2.22. The van der Waals surface area contributed by atoms with Crippen LogP contribution in [0, 0.1) is 12.8 Å². The molecule has 4 nitrogen and oxygen atoms in total. The van der Waals surface area contributed by atoms with Gasteiger partial charge in [0, 0.05) is 13.6 Å². The van der Waals surface area contributed by atoms with Crippen LogP contribution in [-0.4, -0.2) is 31.1 Å². The summed E-state index contributed by atoms with van der Waals surface area (Å²) >= 11 is 2.06. The van der Waals surface area contributed by atoms with Gasteiger partial charge in [-0.05, 0) is 56.2 Å². The molecule has 0 radical (unpaired) electrons. The normalized spacial score (nSPS) is 18.0. The second-order valence-corrected chi connectivity index (χ2v) is 6.55. The number of aryl methyl sites for hydroxylation is 1.